The van der Waals surface area contributed by atoms with Gasteiger partial charge in [0, 0.05) is 6.42 Å². The predicted octanol–water partition coefficient (Wildman–Crippen LogP) is 12.7. The molecule has 0 saturated carbocycles. The third-order valence-corrected chi connectivity index (χ3v) is 9.10. The van der Waals surface area contributed by atoms with Crippen LogP contribution in [0.5, 0.6) is 0 Å². The molecule has 2 heteroatoms. The maximum atomic E-state index is 2.63. The highest BCUT2D eigenvalue weighted by molar-refractivity contribution is 4.84. The molecule has 40 heavy (non-hydrogen) atoms. The standard InChI is InChI=1S/C38H75N2/c1-4-7-10-13-16-19-20-21-22-23-24-27-30-33-38-39(34-31-28-25-17-14-11-8-5-2)36-37-40(38)35-32-29-26-18-15-12-9-6-3/h36-37H,4-35H2,1-3H3/q+1. The van der Waals surface area contributed by atoms with Crippen LogP contribution in [0.15, 0.2) is 12.4 Å². The molecule has 0 amide bonds. The first-order valence-corrected chi connectivity index (χ1v) is 18.9. The van der Waals surface area contributed by atoms with Crippen molar-refractivity contribution in [1.82, 2.24) is 4.57 Å². The van der Waals surface area contributed by atoms with Gasteiger partial charge in [0.15, 0.2) is 0 Å². The minimum atomic E-state index is 1.23. The smallest absolute Gasteiger partial charge is 0.234 e. The van der Waals surface area contributed by atoms with Crippen LogP contribution in [-0.4, -0.2) is 4.57 Å². The molecule has 0 spiro atoms. The topological polar surface area (TPSA) is 8.81 Å². The molecule has 2 nitrogen and oxygen atoms in total. The Bertz CT molecular complexity index is 582. The van der Waals surface area contributed by atoms with Crippen molar-refractivity contribution in [2.24, 2.45) is 0 Å². The predicted molar refractivity (Wildman–Crippen MR) is 179 cm³/mol. The fourth-order valence-electron chi connectivity index (χ4n) is 6.33. The van der Waals surface area contributed by atoms with Crippen molar-refractivity contribution in [1.29, 1.82) is 0 Å². The maximum Gasteiger partial charge on any atom is 0.256 e. The van der Waals surface area contributed by atoms with Gasteiger partial charge in [0.25, 0.3) is 5.82 Å². The minimum Gasteiger partial charge on any atom is -0.234 e. The molecule has 0 atom stereocenters. The molecule has 1 aromatic rings. The van der Waals surface area contributed by atoms with Crippen molar-refractivity contribution < 1.29 is 4.57 Å². The van der Waals surface area contributed by atoms with Crippen molar-refractivity contribution in [2.75, 3.05) is 0 Å². The van der Waals surface area contributed by atoms with Crippen molar-refractivity contribution in [3.05, 3.63) is 18.2 Å². The van der Waals surface area contributed by atoms with E-state index in [-0.39, 0.29) is 0 Å². The van der Waals surface area contributed by atoms with E-state index in [0.29, 0.717) is 0 Å². The molecule has 1 rings (SSSR count). The zero-order valence-corrected chi connectivity index (χ0v) is 28.2. The Balaban J connectivity index is 2.30. The summed E-state index contributed by atoms with van der Waals surface area (Å²) in [7, 11) is 0. The molecule has 0 aliphatic rings. The highest BCUT2D eigenvalue weighted by Crippen LogP contribution is 2.15. The van der Waals surface area contributed by atoms with Crippen molar-refractivity contribution in [3.63, 3.8) is 0 Å². The number of hydrogen-bond acceptors (Lipinski definition) is 0. The van der Waals surface area contributed by atoms with Gasteiger partial charge in [-0.05, 0) is 32.1 Å². The third kappa shape index (κ3) is 21.9. The van der Waals surface area contributed by atoms with Crippen LogP contribution >= 0.6 is 0 Å². The van der Waals surface area contributed by atoms with E-state index in [4.69, 9.17) is 0 Å². The summed E-state index contributed by atoms with van der Waals surface area (Å²) in [5.74, 6) is 1.62. The first kappa shape index (κ1) is 37.2. The first-order valence-electron chi connectivity index (χ1n) is 18.9. The summed E-state index contributed by atoms with van der Waals surface area (Å²) in [5, 5.41) is 0. The second kappa shape index (κ2) is 29.7. The van der Waals surface area contributed by atoms with Crippen LogP contribution < -0.4 is 4.57 Å². The normalized spacial score (nSPS) is 11.6. The second-order valence-corrected chi connectivity index (χ2v) is 13.0. The van der Waals surface area contributed by atoms with Crippen LogP contribution in [0.2, 0.25) is 0 Å². The molecule has 0 unspecified atom stereocenters. The van der Waals surface area contributed by atoms with Gasteiger partial charge in [-0.2, -0.15) is 0 Å². The summed E-state index contributed by atoms with van der Waals surface area (Å²) in [6.07, 6.45) is 47.4. The molecule has 236 valence electrons. The van der Waals surface area contributed by atoms with Crippen molar-refractivity contribution in [3.8, 4) is 0 Å². The number of rotatable bonds is 32. The molecule has 0 saturated heterocycles. The first-order chi connectivity index (χ1) is 19.8. The van der Waals surface area contributed by atoms with Gasteiger partial charge in [-0.15, -0.1) is 0 Å². The van der Waals surface area contributed by atoms with Crippen LogP contribution in [0.1, 0.15) is 213 Å². The Morgan fingerprint density at radius 3 is 1.20 bits per heavy atom. The lowest BCUT2D eigenvalue weighted by molar-refractivity contribution is -0.704. The van der Waals surface area contributed by atoms with E-state index in [2.05, 4.69) is 42.3 Å². The summed E-state index contributed by atoms with van der Waals surface area (Å²) in [6, 6.07) is 0. The Labute approximate surface area is 253 Å². The molecule has 0 aromatic carbocycles. The van der Waals surface area contributed by atoms with Gasteiger partial charge in [-0.3, -0.25) is 0 Å². The number of hydrogen-bond donors (Lipinski definition) is 0. The summed E-state index contributed by atoms with van der Waals surface area (Å²) in [4.78, 5) is 0. The van der Waals surface area contributed by atoms with Crippen LogP contribution in [0.25, 0.3) is 0 Å². The van der Waals surface area contributed by atoms with Gasteiger partial charge >= 0.3 is 0 Å². The molecule has 0 bridgehead atoms. The molecule has 0 aliphatic carbocycles. The number of unbranched alkanes of at least 4 members (excludes halogenated alkanes) is 26. The number of aryl methyl sites for hydroxylation is 2. The van der Waals surface area contributed by atoms with Crippen molar-refractivity contribution >= 4 is 0 Å². The van der Waals surface area contributed by atoms with Crippen molar-refractivity contribution in [2.45, 2.75) is 226 Å². The Morgan fingerprint density at radius 1 is 0.425 bits per heavy atom. The van der Waals surface area contributed by atoms with Crippen LogP contribution in [0.4, 0.5) is 0 Å². The maximum absolute atomic E-state index is 2.63. The van der Waals surface area contributed by atoms with Gasteiger partial charge in [0.05, 0.1) is 13.1 Å². The molecule has 0 aliphatic heterocycles. The molecular formula is C38H75N2+. The highest BCUT2D eigenvalue weighted by Gasteiger charge is 2.16. The number of aromatic nitrogens is 2. The van der Waals surface area contributed by atoms with Crippen LogP contribution in [0.3, 0.4) is 0 Å². The fourth-order valence-corrected chi connectivity index (χ4v) is 6.33. The monoisotopic (exact) mass is 560 g/mol. The van der Waals surface area contributed by atoms with Gasteiger partial charge in [0.2, 0.25) is 0 Å². The Morgan fingerprint density at radius 2 is 0.775 bits per heavy atom. The lowest BCUT2D eigenvalue weighted by atomic mass is 10.0. The average Bonchev–Trinajstić information content (AvgIpc) is 3.35. The summed E-state index contributed by atoms with van der Waals surface area (Å²) >= 11 is 0. The highest BCUT2D eigenvalue weighted by atomic mass is 15.1. The van der Waals surface area contributed by atoms with E-state index in [1.807, 2.05) is 0 Å². The second-order valence-electron chi connectivity index (χ2n) is 13.0. The van der Waals surface area contributed by atoms with E-state index in [1.54, 1.807) is 5.82 Å². The fraction of sp³-hybridized carbons (Fsp3) is 0.921. The SMILES string of the molecule is CCCCCCCCCCCCCCCc1n(CCCCCCCCCC)cc[n+]1CCCCCCCCCC. The lowest BCUT2D eigenvalue weighted by Gasteiger charge is -2.07. The zero-order chi connectivity index (χ0) is 28.8. The summed E-state index contributed by atoms with van der Waals surface area (Å²) < 4.78 is 5.25. The van der Waals surface area contributed by atoms with Gasteiger partial charge in [0.1, 0.15) is 12.4 Å². The zero-order valence-electron chi connectivity index (χ0n) is 28.2. The molecule has 0 fully saturated rings. The lowest BCUT2D eigenvalue weighted by Crippen LogP contribution is -2.37. The van der Waals surface area contributed by atoms with E-state index < -0.39 is 0 Å². The minimum absolute atomic E-state index is 1.23. The molecular weight excluding hydrogens is 484 g/mol. The molecule has 1 aromatic heterocycles. The third-order valence-electron chi connectivity index (χ3n) is 9.10. The molecule has 0 N–H and O–H groups in total. The Kier molecular flexibility index (Phi) is 27.6. The van der Waals surface area contributed by atoms with Crippen LogP contribution in [0, 0.1) is 0 Å². The Hall–Kier alpha value is -0.790. The van der Waals surface area contributed by atoms with E-state index in [0.717, 1.165) is 0 Å². The number of imidazole rings is 1. The van der Waals surface area contributed by atoms with E-state index in [1.165, 1.54) is 206 Å². The summed E-state index contributed by atoms with van der Waals surface area (Å²) in [6.45, 7) is 9.40. The largest absolute Gasteiger partial charge is 0.256 e. The van der Waals surface area contributed by atoms with E-state index in [9.17, 15) is 0 Å². The van der Waals surface area contributed by atoms with E-state index >= 15 is 0 Å². The average molecular weight is 560 g/mol. The van der Waals surface area contributed by atoms with Crippen LogP contribution in [-0.2, 0) is 19.5 Å². The van der Waals surface area contributed by atoms with Gasteiger partial charge in [-0.1, -0.05) is 175 Å². The summed E-state index contributed by atoms with van der Waals surface area (Å²) in [5.41, 5.74) is 0. The van der Waals surface area contributed by atoms with Gasteiger partial charge < -0.3 is 0 Å². The number of nitrogens with zero attached hydrogens (tertiary/aromatic N) is 2. The quantitative estimate of drug-likeness (QED) is 0.0613. The van der Waals surface area contributed by atoms with Gasteiger partial charge in [-0.25, -0.2) is 9.13 Å². The molecule has 1 heterocycles. The molecule has 0 radical (unpaired) electrons.